The van der Waals surface area contributed by atoms with Crippen molar-refractivity contribution in [1.29, 1.82) is 0 Å². The Morgan fingerprint density at radius 3 is 2.88 bits per heavy atom. The first-order chi connectivity index (χ1) is 8.03. The summed E-state index contributed by atoms with van der Waals surface area (Å²) in [5, 5.41) is 3.30. The number of ether oxygens (including phenoxy) is 1. The number of amides is 1. The van der Waals surface area contributed by atoms with Crippen LogP contribution in [-0.4, -0.2) is 51.6 Å². The Balaban J connectivity index is 2.01. The third-order valence-corrected chi connectivity index (χ3v) is 4.71. The lowest BCUT2D eigenvalue weighted by Crippen LogP contribution is -2.44. The molecule has 2 atom stereocenters. The zero-order valence-electron chi connectivity index (χ0n) is 9.68. The summed E-state index contributed by atoms with van der Waals surface area (Å²) in [6.07, 6.45) is 1.15. The molecule has 0 aliphatic carbocycles. The largest absolute Gasteiger partial charge is 0.452 e. The van der Waals surface area contributed by atoms with Gasteiger partial charge in [0.1, 0.15) is 0 Å². The molecule has 0 radical (unpaired) electrons. The number of piperidine rings is 1. The molecule has 98 valence electrons. The molecule has 2 aliphatic rings. The minimum atomic E-state index is -3.76. The predicted octanol–water partition coefficient (Wildman–Crippen LogP) is -0.729. The molecule has 0 spiro atoms. The second kappa shape index (κ2) is 4.79. The molecule has 8 heteroatoms. The molecule has 2 fully saturated rings. The van der Waals surface area contributed by atoms with E-state index in [1.54, 1.807) is 0 Å². The molecule has 7 nitrogen and oxygen atoms in total. The number of nitrogens with one attached hydrogen (secondary N) is 2. The molecular weight excluding hydrogens is 246 g/mol. The van der Waals surface area contributed by atoms with Gasteiger partial charge >= 0.3 is 16.3 Å². The van der Waals surface area contributed by atoms with E-state index >= 15 is 0 Å². The molecule has 17 heavy (non-hydrogen) atoms. The summed E-state index contributed by atoms with van der Waals surface area (Å²) in [6, 6.07) is 0.206. The minimum Gasteiger partial charge on any atom is -0.452 e. The Labute approximate surface area is 101 Å². The first-order valence-corrected chi connectivity index (χ1v) is 7.06. The van der Waals surface area contributed by atoms with Crippen molar-refractivity contribution in [3.63, 3.8) is 0 Å². The lowest BCUT2D eigenvalue weighted by Gasteiger charge is -2.24. The maximum absolute atomic E-state index is 11.8. The highest BCUT2D eigenvalue weighted by Gasteiger charge is 2.40. The number of methoxy groups -OCH3 is 1. The lowest BCUT2D eigenvalue weighted by atomic mass is 9.94. The van der Waals surface area contributed by atoms with Gasteiger partial charge in [-0.05, 0) is 25.3 Å². The molecule has 0 bridgehead atoms. The SMILES string of the molecule is COC(=O)NS(=O)(=O)N1C[C@@H]2CCCN[C@@H]2C1. The summed E-state index contributed by atoms with van der Waals surface area (Å²) in [4.78, 5) is 10.9. The zero-order valence-corrected chi connectivity index (χ0v) is 10.5. The summed E-state index contributed by atoms with van der Waals surface area (Å²) in [6.45, 7) is 1.81. The van der Waals surface area contributed by atoms with Crippen LogP contribution in [0.2, 0.25) is 0 Å². The average Bonchev–Trinajstić information content (AvgIpc) is 2.72. The second-order valence-corrected chi connectivity index (χ2v) is 6.05. The Bertz CT molecular complexity index is 383. The highest BCUT2D eigenvalue weighted by atomic mass is 32.2. The lowest BCUT2D eigenvalue weighted by molar-refractivity contribution is 0.177. The topological polar surface area (TPSA) is 87.7 Å². The highest BCUT2D eigenvalue weighted by Crippen LogP contribution is 2.26. The number of hydrogen-bond acceptors (Lipinski definition) is 5. The van der Waals surface area contributed by atoms with E-state index in [0.29, 0.717) is 19.0 Å². The molecule has 0 aromatic rings. The van der Waals surface area contributed by atoms with Crippen LogP contribution in [0.5, 0.6) is 0 Å². The Kier molecular flexibility index (Phi) is 3.55. The van der Waals surface area contributed by atoms with Gasteiger partial charge in [-0.3, -0.25) is 0 Å². The number of rotatable bonds is 2. The maximum Gasteiger partial charge on any atom is 0.421 e. The van der Waals surface area contributed by atoms with Gasteiger partial charge in [0.2, 0.25) is 0 Å². The van der Waals surface area contributed by atoms with E-state index in [1.807, 2.05) is 4.72 Å². The summed E-state index contributed by atoms with van der Waals surface area (Å²) in [5.41, 5.74) is 0. The molecule has 2 N–H and O–H groups in total. The molecule has 0 saturated carbocycles. The van der Waals surface area contributed by atoms with Gasteiger partial charge in [0.25, 0.3) is 0 Å². The fourth-order valence-electron chi connectivity index (χ4n) is 2.41. The van der Waals surface area contributed by atoms with E-state index in [2.05, 4.69) is 10.1 Å². The molecule has 2 heterocycles. The van der Waals surface area contributed by atoms with E-state index in [4.69, 9.17) is 0 Å². The van der Waals surface area contributed by atoms with Gasteiger partial charge in [0.15, 0.2) is 0 Å². The van der Waals surface area contributed by atoms with Gasteiger partial charge in [0.05, 0.1) is 7.11 Å². The van der Waals surface area contributed by atoms with E-state index in [0.717, 1.165) is 26.5 Å². The first-order valence-electron chi connectivity index (χ1n) is 5.62. The molecule has 0 unspecified atom stereocenters. The van der Waals surface area contributed by atoms with Crippen LogP contribution in [0.25, 0.3) is 0 Å². The normalized spacial score (nSPS) is 29.7. The number of carbonyl (C=O) groups excluding carboxylic acids is 1. The number of nitrogens with zero attached hydrogens (tertiary/aromatic N) is 1. The van der Waals surface area contributed by atoms with E-state index < -0.39 is 16.3 Å². The molecule has 0 aromatic carbocycles. The van der Waals surface area contributed by atoms with Crippen molar-refractivity contribution in [3.8, 4) is 0 Å². The quantitative estimate of drug-likeness (QED) is 0.686. The summed E-state index contributed by atoms with van der Waals surface area (Å²) >= 11 is 0. The summed E-state index contributed by atoms with van der Waals surface area (Å²) < 4.78 is 31.1. The van der Waals surface area contributed by atoms with Gasteiger partial charge in [-0.15, -0.1) is 0 Å². The van der Waals surface area contributed by atoms with Crippen molar-refractivity contribution in [3.05, 3.63) is 0 Å². The van der Waals surface area contributed by atoms with Gasteiger partial charge in [0, 0.05) is 19.1 Å². The zero-order chi connectivity index (χ0) is 12.5. The van der Waals surface area contributed by atoms with Crippen LogP contribution in [0.15, 0.2) is 0 Å². The van der Waals surface area contributed by atoms with Gasteiger partial charge < -0.3 is 10.1 Å². The smallest absolute Gasteiger partial charge is 0.421 e. The molecule has 0 aromatic heterocycles. The van der Waals surface area contributed by atoms with Gasteiger partial charge in [-0.2, -0.15) is 12.7 Å². The standard InChI is InChI=1S/C9H17N3O4S/c1-16-9(13)11-17(14,15)12-5-7-3-2-4-10-8(7)6-12/h7-8,10H,2-6H2,1H3,(H,11,13)/t7-,8+/m0/s1. The number of fused-ring (bicyclic) bond motifs is 1. The van der Waals surface area contributed by atoms with Crippen LogP contribution < -0.4 is 10.0 Å². The highest BCUT2D eigenvalue weighted by molar-refractivity contribution is 7.87. The first kappa shape index (κ1) is 12.6. The van der Waals surface area contributed by atoms with Gasteiger partial charge in [-0.25, -0.2) is 9.52 Å². The second-order valence-electron chi connectivity index (χ2n) is 4.38. The third kappa shape index (κ3) is 2.70. The maximum atomic E-state index is 11.8. The van der Waals surface area contributed by atoms with Crippen LogP contribution >= 0.6 is 0 Å². The molecule has 1 amide bonds. The number of hydrogen-bond donors (Lipinski definition) is 2. The summed E-state index contributed by atoms with van der Waals surface area (Å²) in [5.74, 6) is 0.345. The van der Waals surface area contributed by atoms with Gasteiger partial charge in [-0.1, -0.05) is 0 Å². The third-order valence-electron chi connectivity index (χ3n) is 3.30. The van der Waals surface area contributed by atoms with Crippen molar-refractivity contribution < 1.29 is 17.9 Å². The molecular formula is C9H17N3O4S. The Morgan fingerprint density at radius 2 is 2.24 bits per heavy atom. The summed E-state index contributed by atoms with van der Waals surface area (Å²) in [7, 11) is -2.63. The minimum absolute atomic E-state index is 0.206. The fraction of sp³-hybridized carbons (Fsp3) is 0.889. The van der Waals surface area contributed by atoms with Crippen molar-refractivity contribution in [2.24, 2.45) is 5.92 Å². The van der Waals surface area contributed by atoms with Crippen molar-refractivity contribution in [2.45, 2.75) is 18.9 Å². The van der Waals surface area contributed by atoms with Crippen LogP contribution in [-0.2, 0) is 14.9 Å². The Hall–Kier alpha value is -0.860. The van der Waals surface area contributed by atoms with E-state index in [9.17, 15) is 13.2 Å². The molecule has 2 rings (SSSR count). The van der Waals surface area contributed by atoms with Crippen molar-refractivity contribution >= 4 is 16.3 Å². The van der Waals surface area contributed by atoms with Crippen LogP contribution in [0.4, 0.5) is 4.79 Å². The van der Waals surface area contributed by atoms with Crippen molar-refractivity contribution in [1.82, 2.24) is 14.3 Å². The van der Waals surface area contributed by atoms with E-state index in [-0.39, 0.29) is 6.04 Å². The van der Waals surface area contributed by atoms with Crippen LogP contribution in [0.1, 0.15) is 12.8 Å². The fourth-order valence-corrected chi connectivity index (χ4v) is 3.58. The number of carbonyl (C=O) groups is 1. The van der Waals surface area contributed by atoms with Crippen LogP contribution in [0, 0.1) is 5.92 Å². The van der Waals surface area contributed by atoms with Crippen molar-refractivity contribution in [2.75, 3.05) is 26.7 Å². The average molecular weight is 263 g/mol. The predicted molar refractivity (Wildman–Crippen MR) is 60.5 cm³/mol. The molecule has 2 aliphatic heterocycles. The Morgan fingerprint density at radius 1 is 1.47 bits per heavy atom. The van der Waals surface area contributed by atoms with Crippen LogP contribution in [0.3, 0.4) is 0 Å². The monoisotopic (exact) mass is 263 g/mol. The molecule has 2 saturated heterocycles. The van der Waals surface area contributed by atoms with E-state index in [1.165, 1.54) is 4.31 Å².